The Balaban J connectivity index is 2.79. The Bertz CT molecular complexity index is 511. The van der Waals surface area contributed by atoms with Gasteiger partial charge in [-0.3, -0.25) is 0 Å². The van der Waals surface area contributed by atoms with Crippen molar-refractivity contribution in [2.75, 3.05) is 6.54 Å². The lowest BCUT2D eigenvalue weighted by Crippen LogP contribution is -2.32. The first-order chi connectivity index (χ1) is 7.27. The summed E-state index contributed by atoms with van der Waals surface area (Å²) in [4.78, 5) is 3.88. The first-order valence-corrected chi connectivity index (χ1v) is 6.90. The molecule has 0 spiro atoms. The van der Waals surface area contributed by atoms with Crippen molar-refractivity contribution in [1.82, 2.24) is 9.71 Å². The maximum atomic E-state index is 11.8. The number of hydrogen-bond donors (Lipinski definition) is 1. The molecule has 1 aromatic heterocycles. The van der Waals surface area contributed by atoms with Gasteiger partial charge >= 0.3 is 0 Å². The van der Waals surface area contributed by atoms with Crippen molar-refractivity contribution in [3.8, 4) is 6.07 Å². The summed E-state index contributed by atoms with van der Waals surface area (Å²) in [6.45, 7) is 5.17. The summed E-state index contributed by atoms with van der Waals surface area (Å²) in [7, 11) is -3.53. The summed E-state index contributed by atoms with van der Waals surface area (Å²) in [6, 6.07) is 2.03. The molecule has 0 atom stereocenters. The Labute approximate surface area is 99.2 Å². The third kappa shape index (κ3) is 3.27. The molecular formula is C9H13N3O2S2. The van der Waals surface area contributed by atoms with E-state index in [0.717, 1.165) is 11.3 Å². The molecule has 5 nitrogen and oxygen atoms in total. The number of nitrogens with zero attached hydrogens (tertiary/aromatic N) is 2. The molecule has 0 aromatic carbocycles. The number of hydrogen-bond acceptors (Lipinski definition) is 5. The zero-order valence-electron chi connectivity index (χ0n) is 9.31. The summed E-state index contributed by atoms with van der Waals surface area (Å²) in [5, 5.41) is 9.47. The number of aryl methyl sites for hydroxylation is 1. The quantitative estimate of drug-likeness (QED) is 0.883. The average molecular weight is 259 g/mol. The number of aromatic nitrogens is 1. The molecule has 0 unspecified atom stereocenters. The fourth-order valence-corrected chi connectivity index (χ4v) is 3.22. The van der Waals surface area contributed by atoms with E-state index in [1.54, 1.807) is 20.8 Å². The van der Waals surface area contributed by atoms with Gasteiger partial charge in [0.1, 0.15) is 0 Å². The Morgan fingerprint density at radius 3 is 2.69 bits per heavy atom. The summed E-state index contributed by atoms with van der Waals surface area (Å²) in [6.07, 6.45) is 1.32. The minimum absolute atomic E-state index is 0.0861. The second-order valence-corrected chi connectivity index (χ2v) is 7.25. The fraction of sp³-hybridized carbons (Fsp3) is 0.556. The van der Waals surface area contributed by atoms with Gasteiger partial charge in [0.25, 0.3) is 10.0 Å². The lowest BCUT2D eigenvalue weighted by atomic mass is 9.97. The molecule has 0 fully saturated rings. The molecule has 0 aliphatic heterocycles. The van der Waals surface area contributed by atoms with E-state index in [1.165, 1.54) is 6.20 Å². The zero-order chi connectivity index (χ0) is 12.4. The zero-order valence-corrected chi connectivity index (χ0v) is 10.9. The van der Waals surface area contributed by atoms with Crippen molar-refractivity contribution >= 4 is 21.4 Å². The van der Waals surface area contributed by atoms with E-state index >= 15 is 0 Å². The number of nitriles is 1. The van der Waals surface area contributed by atoms with Gasteiger partial charge in [0, 0.05) is 6.54 Å². The summed E-state index contributed by atoms with van der Waals surface area (Å²) < 4.78 is 26.1. The minimum atomic E-state index is -3.53. The monoisotopic (exact) mass is 259 g/mol. The molecule has 1 heterocycles. The highest BCUT2D eigenvalue weighted by molar-refractivity contribution is 7.91. The Kier molecular flexibility index (Phi) is 3.68. The van der Waals surface area contributed by atoms with Crippen molar-refractivity contribution in [3.05, 3.63) is 11.2 Å². The normalized spacial score (nSPS) is 12.4. The van der Waals surface area contributed by atoms with Gasteiger partial charge in [-0.25, -0.2) is 18.1 Å². The van der Waals surface area contributed by atoms with E-state index in [9.17, 15) is 8.42 Å². The van der Waals surface area contributed by atoms with E-state index in [-0.39, 0.29) is 10.8 Å². The highest BCUT2D eigenvalue weighted by Crippen LogP contribution is 2.19. The molecule has 1 rings (SSSR count). The third-order valence-corrected chi connectivity index (χ3v) is 4.65. The van der Waals surface area contributed by atoms with Gasteiger partial charge in [-0.2, -0.15) is 5.26 Å². The van der Waals surface area contributed by atoms with Crippen molar-refractivity contribution in [2.45, 2.75) is 25.0 Å². The molecule has 88 valence electrons. The van der Waals surface area contributed by atoms with Gasteiger partial charge in [-0.05, 0) is 20.8 Å². The van der Waals surface area contributed by atoms with Crippen LogP contribution in [0.15, 0.2) is 10.4 Å². The topological polar surface area (TPSA) is 82.8 Å². The predicted octanol–water partition coefficient (Wildman–Crippen LogP) is 1.28. The van der Waals surface area contributed by atoms with Crippen molar-refractivity contribution < 1.29 is 8.42 Å². The summed E-state index contributed by atoms with van der Waals surface area (Å²) in [5.41, 5.74) is -0.715. The van der Waals surface area contributed by atoms with Crippen LogP contribution in [-0.4, -0.2) is 19.9 Å². The second-order valence-electron chi connectivity index (χ2n) is 4.02. The van der Waals surface area contributed by atoms with Crippen molar-refractivity contribution in [2.24, 2.45) is 5.41 Å². The lowest BCUT2D eigenvalue weighted by molar-refractivity contribution is 0.479. The Morgan fingerprint density at radius 2 is 2.25 bits per heavy atom. The molecule has 1 N–H and O–H groups in total. The van der Waals surface area contributed by atoms with Crippen LogP contribution in [0.2, 0.25) is 0 Å². The maximum Gasteiger partial charge on any atom is 0.251 e. The van der Waals surface area contributed by atoms with Crippen LogP contribution in [0.3, 0.4) is 0 Å². The van der Waals surface area contributed by atoms with Crippen LogP contribution >= 0.6 is 11.3 Å². The van der Waals surface area contributed by atoms with Crippen LogP contribution in [-0.2, 0) is 10.0 Å². The van der Waals surface area contributed by atoms with E-state index < -0.39 is 15.4 Å². The molecule has 0 aliphatic carbocycles. The highest BCUT2D eigenvalue weighted by atomic mass is 32.2. The molecule has 1 aromatic rings. The number of nitrogens with one attached hydrogen (secondary N) is 1. The van der Waals surface area contributed by atoms with Crippen molar-refractivity contribution in [1.29, 1.82) is 5.26 Å². The molecule has 16 heavy (non-hydrogen) atoms. The molecule has 7 heteroatoms. The van der Waals surface area contributed by atoms with Crippen LogP contribution in [0.4, 0.5) is 0 Å². The van der Waals surface area contributed by atoms with E-state index in [1.807, 2.05) is 6.07 Å². The van der Waals surface area contributed by atoms with E-state index in [4.69, 9.17) is 5.26 Å². The summed E-state index contributed by atoms with van der Waals surface area (Å²) in [5.74, 6) is 0. The van der Waals surface area contributed by atoms with E-state index in [2.05, 4.69) is 9.71 Å². The van der Waals surface area contributed by atoms with Gasteiger partial charge in [0.15, 0.2) is 4.21 Å². The second kappa shape index (κ2) is 4.49. The molecular weight excluding hydrogens is 246 g/mol. The minimum Gasteiger partial charge on any atom is -0.249 e. The number of thiazole rings is 1. The van der Waals surface area contributed by atoms with Gasteiger partial charge in [0.2, 0.25) is 0 Å². The van der Waals surface area contributed by atoms with Crippen LogP contribution in [0, 0.1) is 23.7 Å². The van der Waals surface area contributed by atoms with Gasteiger partial charge in [-0.1, -0.05) is 0 Å². The fourth-order valence-electron chi connectivity index (χ4n) is 0.852. The Hall–Kier alpha value is -0.970. The van der Waals surface area contributed by atoms with Gasteiger partial charge in [0.05, 0.1) is 22.7 Å². The van der Waals surface area contributed by atoms with Crippen LogP contribution in [0.5, 0.6) is 0 Å². The van der Waals surface area contributed by atoms with Crippen LogP contribution in [0.1, 0.15) is 18.9 Å². The molecule has 0 aliphatic rings. The third-order valence-electron chi connectivity index (χ3n) is 1.87. The molecule has 0 bridgehead atoms. The SMILES string of the molecule is Cc1ncc(S(=O)(=O)NCC(C)(C)C#N)s1. The number of rotatable bonds is 4. The van der Waals surface area contributed by atoms with Crippen LogP contribution in [0.25, 0.3) is 0 Å². The maximum absolute atomic E-state index is 11.8. The Morgan fingerprint density at radius 1 is 1.62 bits per heavy atom. The molecule has 0 saturated heterocycles. The predicted molar refractivity (Wildman–Crippen MR) is 61.4 cm³/mol. The van der Waals surface area contributed by atoms with Gasteiger partial charge < -0.3 is 0 Å². The standard InChI is InChI=1S/C9H13N3O2S2/c1-7-11-4-8(15-7)16(13,14)12-6-9(2,3)5-10/h4,12H,6H2,1-3H3. The number of sulfonamides is 1. The molecule has 0 radical (unpaired) electrons. The molecule has 0 amide bonds. The summed E-state index contributed by atoms with van der Waals surface area (Å²) >= 11 is 1.11. The first-order valence-electron chi connectivity index (χ1n) is 4.60. The first kappa shape index (κ1) is 13.1. The largest absolute Gasteiger partial charge is 0.251 e. The average Bonchev–Trinajstić information content (AvgIpc) is 2.63. The molecule has 0 saturated carbocycles. The van der Waals surface area contributed by atoms with Crippen molar-refractivity contribution in [3.63, 3.8) is 0 Å². The lowest BCUT2D eigenvalue weighted by Gasteiger charge is -2.15. The van der Waals surface area contributed by atoms with Gasteiger partial charge in [-0.15, -0.1) is 11.3 Å². The smallest absolute Gasteiger partial charge is 0.249 e. The highest BCUT2D eigenvalue weighted by Gasteiger charge is 2.23. The van der Waals surface area contributed by atoms with E-state index in [0.29, 0.717) is 5.01 Å². The van der Waals surface area contributed by atoms with Crippen LogP contribution < -0.4 is 4.72 Å².